The van der Waals surface area contributed by atoms with E-state index in [2.05, 4.69) is 0 Å². The van der Waals surface area contributed by atoms with Crippen molar-refractivity contribution >= 4 is 41.4 Å². The molecule has 0 spiro atoms. The Hall–Kier alpha value is -4.07. The zero-order valence-corrected chi connectivity index (χ0v) is 35.4. The first-order valence-corrected chi connectivity index (χ1v) is 19.2. The van der Waals surface area contributed by atoms with E-state index in [-0.39, 0.29) is 51.9 Å². The van der Waals surface area contributed by atoms with Gasteiger partial charge in [0.05, 0.1) is 44.1 Å². The van der Waals surface area contributed by atoms with E-state index in [1.807, 2.05) is 0 Å². The number of rotatable bonds is 19. The molecule has 1 saturated heterocycles. The van der Waals surface area contributed by atoms with E-state index in [4.69, 9.17) is 9.94 Å². The van der Waals surface area contributed by atoms with Crippen molar-refractivity contribution in [1.82, 2.24) is 39.4 Å². The molecule has 1 aliphatic heterocycles. The van der Waals surface area contributed by atoms with Gasteiger partial charge in [0.25, 0.3) is 5.91 Å². The molecule has 0 saturated carbocycles. The van der Waals surface area contributed by atoms with Crippen LogP contribution in [0.25, 0.3) is 0 Å². The number of carboxylic acid groups (broad SMARTS) is 1. The minimum Gasteiger partial charge on any atom is -0.480 e. The zero-order chi connectivity index (χ0) is 45.3. The maximum absolute atomic E-state index is 14.0. The average Bonchev–Trinajstić information content (AvgIpc) is 3.16. The van der Waals surface area contributed by atoms with Crippen molar-refractivity contribution < 1.29 is 74.1 Å². The molecule has 340 valence electrons. The quantitative estimate of drug-likeness (QED) is 0.0637. The van der Waals surface area contributed by atoms with Crippen LogP contribution in [0.1, 0.15) is 32.6 Å². The van der Waals surface area contributed by atoms with Crippen LogP contribution in [0.2, 0.25) is 0 Å². The van der Waals surface area contributed by atoms with E-state index in [1.54, 1.807) is 25.9 Å². The van der Waals surface area contributed by atoms with Crippen LogP contribution in [0.4, 0.5) is 0 Å². The second-order valence-electron chi connectivity index (χ2n) is 15.2. The van der Waals surface area contributed by atoms with E-state index in [9.17, 15) is 64.2 Å². The lowest BCUT2D eigenvalue weighted by molar-refractivity contribution is -0.243. The van der Waals surface area contributed by atoms with Gasteiger partial charge in [-0.3, -0.25) is 43.3 Å². The molecule has 0 aromatic rings. The second kappa shape index (κ2) is 25.5. The smallest absolute Gasteiger partial charge is 0.323 e. The molecule has 7 unspecified atom stereocenters. The van der Waals surface area contributed by atoms with Gasteiger partial charge in [0.1, 0.15) is 37.9 Å². The first-order chi connectivity index (χ1) is 27.4. The number of nitrogens with zero attached hydrogens (tertiary/aromatic N) is 8. The fraction of sp³-hybridized carbons (Fsp3) is 0.806. The van der Waals surface area contributed by atoms with Gasteiger partial charge in [-0.15, -0.1) is 0 Å². The van der Waals surface area contributed by atoms with E-state index in [1.165, 1.54) is 40.1 Å². The van der Waals surface area contributed by atoms with Crippen LogP contribution in [-0.2, 0) is 38.4 Å². The van der Waals surface area contributed by atoms with Crippen molar-refractivity contribution in [2.75, 3.05) is 115 Å². The van der Waals surface area contributed by atoms with Crippen LogP contribution in [-0.4, -0.2) is 274 Å². The summed E-state index contributed by atoms with van der Waals surface area (Å²) in [5, 5.41) is 72.9. The summed E-state index contributed by atoms with van der Waals surface area (Å²) in [6, 6.07) is -1.29. The molecule has 1 aliphatic rings. The van der Waals surface area contributed by atoms with Crippen molar-refractivity contribution in [3.8, 4) is 0 Å². The highest BCUT2D eigenvalue weighted by Gasteiger charge is 2.38. The predicted octanol–water partition coefficient (Wildman–Crippen LogP) is -5.89. The van der Waals surface area contributed by atoms with Gasteiger partial charge >= 0.3 is 5.97 Å². The molecule has 0 aromatic carbocycles. The number of carbonyl (C=O) groups excluding carboxylic acids is 6. The number of hydrogen-bond acceptors (Lipinski definition) is 16. The standard InChI is InChI=1S/C36H66N8O15/c1-9-24(46)35-27(49)16-43(15-26(48)34(57)25(47)12-14-45)13-10-11-23(36(58)41(7)19-30(52)38(4)18-29(51)40(6)22-33(55)56)42(8)31(53)21-44(59-35)32(54)20-39(5)28(50)17-37(2)3/h23-27,34-35,45-49,57H,9-22H2,1-8H3,(H,55,56). The van der Waals surface area contributed by atoms with Gasteiger partial charge in [0.2, 0.25) is 29.5 Å². The molecule has 7 atom stereocenters. The van der Waals surface area contributed by atoms with Gasteiger partial charge in [0, 0.05) is 54.9 Å². The molecule has 23 heteroatoms. The highest BCUT2D eigenvalue weighted by atomic mass is 16.7. The molecule has 0 aromatic heterocycles. The highest BCUT2D eigenvalue weighted by molar-refractivity contribution is 5.93. The fourth-order valence-electron chi connectivity index (χ4n) is 6.04. The van der Waals surface area contributed by atoms with E-state index >= 15 is 0 Å². The van der Waals surface area contributed by atoms with E-state index in [0.29, 0.717) is 5.06 Å². The van der Waals surface area contributed by atoms with Crippen LogP contribution in [0, 0.1) is 0 Å². The highest BCUT2D eigenvalue weighted by Crippen LogP contribution is 2.19. The zero-order valence-electron chi connectivity index (χ0n) is 35.4. The van der Waals surface area contributed by atoms with Crippen LogP contribution < -0.4 is 0 Å². The minimum absolute atomic E-state index is 0.00351. The largest absolute Gasteiger partial charge is 0.480 e. The van der Waals surface area contributed by atoms with Gasteiger partial charge in [0.15, 0.2) is 0 Å². The summed E-state index contributed by atoms with van der Waals surface area (Å²) in [5.41, 5.74) is 0. The molecule has 1 fully saturated rings. The lowest BCUT2D eigenvalue weighted by Gasteiger charge is -2.36. The van der Waals surface area contributed by atoms with Crippen molar-refractivity contribution in [2.24, 2.45) is 0 Å². The van der Waals surface area contributed by atoms with E-state index < -0.39 is 123 Å². The molecule has 1 heterocycles. The Balaban J connectivity index is 3.60. The van der Waals surface area contributed by atoms with Crippen molar-refractivity contribution in [1.29, 1.82) is 0 Å². The van der Waals surface area contributed by atoms with Gasteiger partial charge < -0.3 is 65.1 Å². The number of hydroxylamine groups is 2. The molecule has 23 nitrogen and oxygen atoms in total. The Labute approximate surface area is 344 Å². The van der Waals surface area contributed by atoms with Crippen LogP contribution in [0.5, 0.6) is 0 Å². The van der Waals surface area contributed by atoms with Gasteiger partial charge in [-0.2, -0.15) is 0 Å². The summed E-state index contributed by atoms with van der Waals surface area (Å²) in [4.78, 5) is 105. The van der Waals surface area contributed by atoms with Gasteiger partial charge in [-0.05, 0) is 46.3 Å². The van der Waals surface area contributed by atoms with Gasteiger partial charge in [-0.25, -0.2) is 5.06 Å². The fourth-order valence-corrected chi connectivity index (χ4v) is 6.04. The minimum atomic E-state index is -1.72. The topological polar surface area (TPSA) is 296 Å². The third-order valence-electron chi connectivity index (χ3n) is 9.78. The summed E-state index contributed by atoms with van der Waals surface area (Å²) in [6.45, 7) is -2.75. The lowest BCUT2D eigenvalue weighted by atomic mass is 10.0. The summed E-state index contributed by atoms with van der Waals surface area (Å²) in [7, 11) is 9.77. The molecule has 1 rings (SSSR count). The number of hydrogen-bond donors (Lipinski definition) is 7. The first kappa shape index (κ1) is 52.9. The Morgan fingerprint density at radius 2 is 1.36 bits per heavy atom. The maximum atomic E-state index is 14.0. The maximum Gasteiger partial charge on any atom is 0.323 e. The molecule has 6 amide bonds. The number of carboxylic acids is 1. The third kappa shape index (κ3) is 17.6. The number of likely N-dealkylation sites (N-methyl/N-ethyl adjacent to an activating group) is 6. The number of aliphatic hydroxyl groups excluding tert-OH is 6. The Morgan fingerprint density at radius 1 is 0.814 bits per heavy atom. The Kier molecular flexibility index (Phi) is 22.9. The van der Waals surface area contributed by atoms with Crippen LogP contribution >= 0.6 is 0 Å². The van der Waals surface area contributed by atoms with Crippen molar-refractivity contribution in [3.05, 3.63) is 0 Å². The molecule has 0 bridgehead atoms. The molecule has 7 N–H and O–H groups in total. The molecular formula is C36H66N8O15. The van der Waals surface area contributed by atoms with Crippen molar-refractivity contribution in [3.63, 3.8) is 0 Å². The Morgan fingerprint density at radius 3 is 1.90 bits per heavy atom. The average molecular weight is 851 g/mol. The number of aliphatic hydroxyl groups is 6. The summed E-state index contributed by atoms with van der Waals surface area (Å²) in [6.07, 6.45) is -9.62. The second-order valence-corrected chi connectivity index (χ2v) is 15.2. The predicted molar refractivity (Wildman–Crippen MR) is 208 cm³/mol. The number of amides is 6. The monoisotopic (exact) mass is 850 g/mol. The van der Waals surface area contributed by atoms with Gasteiger partial charge in [-0.1, -0.05) is 6.92 Å². The molecule has 0 aliphatic carbocycles. The van der Waals surface area contributed by atoms with Crippen LogP contribution in [0.15, 0.2) is 0 Å². The molecule has 59 heavy (non-hydrogen) atoms. The molecule has 0 radical (unpaired) electrons. The SMILES string of the molecule is CCC(O)C1ON(C(=O)CN(C)C(=O)CN(C)C)CC(=O)N(C)C(C(=O)N(C)CC(=O)N(C)CC(=O)N(C)CC(=O)O)CCCN(CC(O)C(O)C(O)CCO)CC1O. The summed E-state index contributed by atoms with van der Waals surface area (Å²) >= 11 is 0. The third-order valence-corrected chi connectivity index (χ3v) is 9.78. The normalized spacial score (nSPS) is 20.7. The van der Waals surface area contributed by atoms with E-state index in [0.717, 1.165) is 24.5 Å². The summed E-state index contributed by atoms with van der Waals surface area (Å²) < 4.78 is 0. The first-order valence-electron chi connectivity index (χ1n) is 19.2. The number of carbonyl (C=O) groups is 7. The van der Waals surface area contributed by atoms with Crippen molar-refractivity contribution in [2.45, 2.75) is 75.3 Å². The molecular weight excluding hydrogens is 784 g/mol. The number of β-amino-alcohol motifs (C(OH)–C–C–N with tert-alkyl or cyclic N) is 2. The number of aliphatic carboxylic acids is 1. The Bertz CT molecular complexity index is 1410. The lowest BCUT2D eigenvalue weighted by Crippen LogP contribution is -2.55. The summed E-state index contributed by atoms with van der Waals surface area (Å²) in [5.74, 6) is -5.54. The van der Waals surface area contributed by atoms with Crippen LogP contribution in [0.3, 0.4) is 0 Å².